The lowest BCUT2D eigenvalue weighted by Gasteiger charge is -2.10. The average molecular weight is 368 g/mol. The first kappa shape index (κ1) is 16.9. The van der Waals surface area contributed by atoms with Gasteiger partial charge in [-0.05, 0) is 13.8 Å². The zero-order valence-corrected chi connectivity index (χ0v) is 12.3. The minimum absolute atomic E-state index is 0.224. The molecule has 0 bridgehead atoms. The molecule has 1 aliphatic heterocycles. The van der Waals surface area contributed by atoms with Gasteiger partial charge in [0.25, 0.3) is 0 Å². The summed E-state index contributed by atoms with van der Waals surface area (Å²) in [4.78, 5) is 0. The first-order chi connectivity index (χ1) is 7.34. The molecule has 0 aliphatic carbocycles. The molecule has 0 aromatic carbocycles. The third kappa shape index (κ3) is 11.3. The fourth-order valence-electron chi connectivity index (χ4n) is 1.08. The van der Waals surface area contributed by atoms with Crippen molar-refractivity contribution >= 4 is 30.4 Å². The first-order valence-electron chi connectivity index (χ1n) is 4.95. The minimum Gasteiger partial charge on any atom is -0.375 e. The maximum atomic E-state index is 12.8. The van der Waals surface area contributed by atoms with E-state index < -0.39 is 12.0 Å². The van der Waals surface area contributed by atoms with E-state index in [9.17, 15) is 4.39 Å². The topological polar surface area (TPSA) is 58.9 Å². The van der Waals surface area contributed by atoms with Gasteiger partial charge in [0, 0.05) is 40.7 Å². The van der Waals surface area contributed by atoms with Crippen LogP contribution in [0, 0.1) is 0 Å². The highest BCUT2D eigenvalue weighted by Gasteiger charge is 2.27. The van der Waals surface area contributed by atoms with Crippen LogP contribution < -0.4 is 0 Å². The smallest absolute Gasteiger partial charge is 0.156 e. The number of hydrogen-bond donors (Lipinski definition) is 2. The summed E-state index contributed by atoms with van der Waals surface area (Å²) in [5.74, 6) is -1.50. The third-order valence-corrected chi connectivity index (χ3v) is 2.68. The standard InChI is InChI=1S/C6H10FIO2S.C3H8O2/c7-5-1-3-9-6(5)2-4-10-11-8;1-3(2,4)5/h5-6H,1-4H2;4-5H,1-2H3. The monoisotopic (exact) mass is 368 g/mol. The molecule has 2 atom stereocenters. The summed E-state index contributed by atoms with van der Waals surface area (Å²) in [5, 5.41) is 16.2. The molecule has 0 amide bonds. The van der Waals surface area contributed by atoms with Gasteiger partial charge in [-0.15, -0.1) is 0 Å². The Hall–Kier alpha value is 0.850. The summed E-state index contributed by atoms with van der Waals surface area (Å²) in [7, 11) is 1.28. The quantitative estimate of drug-likeness (QED) is 0.345. The summed E-state index contributed by atoms with van der Waals surface area (Å²) in [5.41, 5.74) is 0. The summed E-state index contributed by atoms with van der Waals surface area (Å²) >= 11 is 2.04. The van der Waals surface area contributed by atoms with Crippen molar-refractivity contribution in [3.63, 3.8) is 0 Å². The van der Waals surface area contributed by atoms with Gasteiger partial charge in [-0.25, -0.2) is 4.39 Å². The maximum Gasteiger partial charge on any atom is 0.156 e. The van der Waals surface area contributed by atoms with Crippen LogP contribution in [0.3, 0.4) is 0 Å². The molecule has 0 radical (unpaired) electrons. The molecule has 2 unspecified atom stereocenters. The van der Waals surface area contributed by atoms with Crippen LogP contribution in [-0.4, -0.2) is 41.5 Å². The largest absolute Gasteiger partial charge is 0.375 e. The average Bonchev–Trinajstić information content (AvgIpc) is 2.49. The normalized spacial score (nSPS) is 25.1. The van der Waals surface area contributed by atoms with Crippen molar-refractivity contribution in [1.29, 1.82) is 0 Å². The first-order valence-corrected chi connectivity index (χ1v) is 8.23. The number of alkyl halides is 1. The Bertz CT molecular complexity index is 173. The van der Waals surface area contributed by atoms with E-state index in [0.29, 0.717) is 26.1 Å². The lowest BCUT2D eigenvalue weighted by Crippen LogP contribution is -2.18. The van der Waals surface area contributed by atoms with Gasteiger partial charge in [-0.3, -0.25) is 0 Å². The second-order valence-electron chi connectivity index (χ2n) is 3.88. The van der Waals surface area contributed by atoms with Gasteiger partial charge in [0.05, 0.1) is 21.9 Å². The van der Waals surface area contributed by atoms with Crippen molar-refractivity contribution in [2.75, 3.05) is 13.2 Å². The van der Waals surface area contributed by atoms with Crippen LogP contribution in [-0.2, 0) is 8.92 Å². The summed E-state index contributed by atoms with van der Waals surface area (Å²) < 4.78 is 23.0. The third-order valence-electron chi connectivity index (χ3n) is 1.66. The molecule has 0 aromatic heterocycles. The molecule has 2 N–H and O–H groups in total. The lowest BCUT2D eigenvalue weighted by atomic mass is 10.1. The minimum atomic E-state index is -1.50. The van der Waals surface area contributed by atoms with E-state index in [-0.39, 0.29) is 6.10 Å². The molecule has 0 spiro atoms. The van der Waals surface area contributed by atoms with Gasteiger partial charge in [-0.1, -0.05) is 0 Å². The number of halogens is 2. The predicted molar refractivity (Wildman–Crippen MR) is 69.9 cm³/mol. The Morgan fingerprint density at radius 2 is 2.12 bits per heavy atom. The summed E-state index contributed by atoms with van der Waals surface area (Å²) in [6, 6.07) is 0. The van der Waals surface area contributed by atoms with Crippen LogP contribution in [0.2, 0.25) is 0 Å². The van der Waals surface area contributed by atoms with E-state index in [0.717, 1.165) is 0 Å². The van der Waals surface area contributed by atoms with Gasteiger partial charge in [-0.2, -0.15) is 0 Å². The Kier molecular flexibility index (Phi) is 9.34. The van der Waals surface area contributed by atoms with Gasteiger partial charge < -0.3 is 19.1 Å². The van der Waals surface area contributed by atoms with Crippen molar-refractivity contribution in [3.05, 3.63) is 0 Å². The summed E-state index contributed by atoms with van der Waals surface area (Å²) in [6.07, 6.45) is 0.204. The molecule has 1 heterocycles. The van der Waals surface area contributed by atoms with Gasteiger partial charge in [0.2, 0.25) is 0 Å². The van der Waals surface area contributed by atoms with E-state index in [1.165, 1.54) is 23.1 Å². The second kappa shape index (κ2) is 8.87. The fourth-order valence-corrected chi connectivity index (χ4v) is 1.78. The number of rotatable bonds is 4. The van der Waals surface area contributed by atoms with Crippen molar-refractivity contribution in [1.82, 2.24) is 0 Å². The lowest BCUT2D eigenvalue weighted by molar-refractivity contribution is -0.127. The van der Waals surface area contributed by atoms with Crippen LogP contribution >= 0.6 is 30.4 Å². The molecule has 1 fully saturated rings. The number of aliphatic hydroxyl groups is 2. The Morgan fingerprint density at radius 1 is 1.56 bits per heavy atom. The van der Waals surface area contributed by atoms with Crippen LogP contribution in [0.25, 0.3) is 0 Å². The highest BCUT2D eigenvalue weighted by molar-refractivity contribution is 14.2. The SMILES string of the molecule is CC(C)(O)O.FC1CCOC1CCOSI. The van der Waals surface area contributed by atoms with E-state index in [1.807, 2.05) is 21.2 Å². The maximum absolute atomic E-state index is 12.8. The van der Waals surface area contributed by atoms with Gasteiger partial charge in [0.15, 0.2) is 5.79 Å². The Morgan fingerprint density at radius 3 is 2.50 bits per heavy atom. The number of hydrogen-bond acceptors (Lipinski definition) is 5. The van der Waals surface area contributed by atoms with E-state index in [2.05, 4.69) is 0 Å². The highest BCUT2D eigenvalue weighted by atomic mass is 127. The van der Waals surface area contributed by atoms with Crippen molar-refractivity contribution in [2.45, 2.75) is 44.8 Å². The molecule has 98 valence electrons. The van der Waals surface area contributed by atoms with E-state index in [4.69, 9.17) is 19.1 Å². The van der Waals surface area contributed by atoms with Crippen LogP contribution in [0.4, 0.5) is 4.39 Å². The van der Waals surface area contributed by atoms with E-state index >= 15 is 0 Å². The molecule has 1 aliphatic rings. The van der Waals surface area contributed by atoms with Crippen LogP contribution in [0.1, 0.15) is 26.7 Å². The Balaban J connectivity index is 0.000000385. The molecule has 0 saturated carbocycles. The van der Waals surface area contributed by atoms with Crippen molar-refractivity contribution < 1.29 is 23.5 Å². The molecule has 1 rings (SSSR count). The molecule has 1 saturated heterocycles. The zero-order valence-electron chi connectivity index (χ0n) is 9.36. The second-order valence-corrected chi connectivity index (χ2v) is 5.32. The van der Waals surface area contributed by atoms with Gasteiger partial charge >= 0.3 is 0 Å². The molecular weight excluding hydrogens is 350 g/mol. The summed E-state index contributed by atoms with van der Waals surface area (Å²) in [6.45, 7) is 3.72. The highest BCUT2D eigenvalue weighted by Crippen LogP contribution is 2.21. The van der Waals surface area contributed by atoms with E-state index in [1.54, 1.807) is 0 Å². The molecule has 16 heavy (non-hydrogen) atoms. The van der Waals surface area contributed by atoms with Crippen LogP contribution in [0.5, 0.6) is 0 Å². The zero-order chi connectivity index (χ0) is 12.6. The van der Waals surface area contributed by atoms with Crippen LogP contribution in [0.15, 0.2) is 0 Å². The molecule has 4 nitrogen and oxygen atoms in total. The van der Waals surface area contributed by atoms with Crippen molar-refractivity contribution in [2.24, 2.45) is 0 Å². The number of ether oxygens (including phenoxy) is 1. The Labute approximate surface area is 112 Å². The molecule has 0 aromatic rings. The fraction of sp³-hybridized carbons (Fsp3) is 1.00. The van der Waals surface area contributed by atoms with Crippen molar-refractivity contribution in [3.8, 4) is 0 Å². The molecular formula is C9H18FIO4S. The predicted octanol–water partition coefficient (Wildman–Crippen LogP) is 2.23. The molecule has 7 heteroatoms. The van der Waals surface area contributed by atoms with Gasteiger partial charge in [0.1, 0.15) is 6.17 Å².